The second kappa shape index (κ2) is 6.25. The maximum absolute atomic E-state index is 12.7. The Kier molecular flexibility index (Phi) is 4.93. The number of rotatable bonds is 4. The zero-order valence-corrected chi connectivity index (χ0v) is 14.5. The van der Waals surface area contributed by atoms with Crippen molar-refractivity contribution in [2.45, 2.75) is 29.7 Å². The van der Waals surface area contributed by atoms with E-state index < -0.39 is 20.0 Å². The average molecular weight is 347 g/mol. The zero-order valence-electron chi connectivity index (χ0n) is 12.8. The summed E-state index contributed by atoms with van der Waals surface area (Å²) in [5.41, 5.74) is 0.401. The van der Waals surface area contributed by atoms with Gasteiger partial charge in [-0.15, -0.1) is 0 Å². The number of sulfonamides is 2. The summed E-state index contributed by atoms with van der Waals surface area (Å²) < 4.78 is 52.8. The van der Waals surface area contributed by atoms with Crippen molar-refractivity contribution in [1.82, 2.24) is 14.3 Å². The molecule has 0 amide bonds. The lowest BCUT2D eigenvalue weighted by Crippen LogP contribution is -2.52. The molecule has 0 aromatic heterocycles. The van der Waals surface area contributed by atoms with Crippen LogP contribution in [0.4, 0.5) is 0 Å². The van der Waals surface area contributed by atoms with Crippen molar-refractivity contribution in [2.75, 3.05) is 26.7 Å². The van der Waals surface area contributed by atoms with E-state index in [0.717, 1.165) is 0 Å². The standard InChI is InChI=1S/C13H21N3O4S2/c1-10-8-12(4-5-13(10)21(17,18)14-3)22(19,20)16-7-6-15-9-11(16)2/h4-5,8,11,14-15H,6-7,9H2,1-3H3/t11-/m0/s1. The maximum atomic E-state index is 12.7. The van der Waals surface area contributed by atoms with Crippen LogP contribution in [0.1, 0.15) is 12.5 Å². The molecule has 1 atom stereocenters. The topological polar surface area (TPSA) is 95.6 Å². The first-order chi connectivity index (χ1) is 10.2. The summed E-state index contributed by atoms with van der Waals surface area (Å²) >= 11 is 0. The minimum absolute atomic E-state index is 0.0855. The summed E-state index contributed by atoms with van der Waals surface area (Å²) in [5, 5.41) is 3.14. The molecule has 1 aromatic carbocycles. The third-order valence-electron chi connectivity index (χ3n) is 3.75. The van der Waals surface area contributed by atoms with Gasteiger partial charge < -0.3 is 5.32 Å². The predicted molar refractivity (Wildman–Crippen MR) is 83.6 cm³/mol. The molecule has 124 valence electrons. The smallest absolute Gasteiger partial charge is 0.243 e. The Morgan fingerprint density at radius 1 is 1.27 bits per heavy atom. The number of benzene rings is 1. The lowest BCUT2D eigenvalue weighted by atomic mass is 10.2. The van der Waals surface area contributed by atoms with Gasteiger partial charge in [0.05, 0.1) is 9.79 Å². The van der Waals surface area contributed by atoms with E-state index in [2.05, 4.69) is 10.0 Å². The van der Waals surface area contributed by atoms with Gasteiger partial charge in [0.1, 0.15) is 0 Å². The van der Waals surface area contributed by atoms with Crippen molar-refractivity contribution < 1.29 is 16.8 Å². The van der Waals surface area contributed by atoms with Crippen LogP contribution >= 0.6 is 0 Å². The Hall–Kier alpha value is -1.00. The molecule has 2 N–H and O–H groups in total. The molecule has 1 aliphatic heterocycles. The highest BCUT2D eigenvalue weighted by Crippen LogP contribution is 2.23. The van der Waals surface area contributed by atoms with Crippen molar-refractivity contribution in [3.05, 3.63) is 23.8 Å². The summed E-state index contributed by atoms with van der Waals surface area (Å²) in [7, 11) is -5.90. The first kappa shape index (κ1) is 17.4. The van der Waals surface area contributed by atoms with Gasteiger partial charge in [0, 0.05) is 25.7 Å². The molecule has 0 saturated carbocycles. The highest BCUT2D eigenvalue weighted by Gasteiger charge is 2.31. The number of hydrogen-bond donors (Lipinski definition) is 2. The molecule has 9 heteroatoms. The molecule has 1 heterocycles. The molecule has 0 spiro atoms. The Morgan fingerprint density at radius 3 is 2.50 bits per heavy atom. The molecule has 22 heavy (non-hydrogen) atoms. The maximum Gasteiger partial charge on any atom is 0.243 e. The van der Waals surface area contributed by atoms with Gasteiger partial charge in [0.15, 0.2) is 0 Å². The van der Waals surface area contributed by atoms with Crippen LogP contribution in [0.5, 0.6) is 0 Å². The Labute approximate surface area is 131 Å². The van der Waals surface area contributed by atoms with Gasteiger partial charge in [-0.1, -0.05) is 0 Å². The van der Waals surface area contributed by atoms with E-state index in [-0.39, 0.29) is 15.8 Å². The van der Waals surface area contributed by atoms with Gasteiger partial charge in [-0.2, -0.15) is 4.31 Å². The van der Waals surface area contributed by atoms with E-state index in [4.69, 9.17) is 0 Å². The summed E-state index contributed by atoms with van der Waals surface area (Å²) in [6.07, 6.45) is 0. The quantitative estimate of drug-likeness (QED) is 0.792. The fourth-order valence-corrected chi connectivity index (χ4v) is 5.18. The molecular weight excluding hydrogens is 326 g/mol. The van der Waals surface area contributed by atoms with E-state index in [0.29, 0.717) is 25.2 Å². The Balaban J connectivity index is 2.43. The third-order valence-corrected chi connectivity index (χ3v) is 7.34. The minimum atomic E-state index is -3.62. The molecule has 1 fully saturated rings. The normalized spacial score (nSPS) is 21.0. The third kappa shape index (κ3) is 3.18. The van der Waals surface area contributed by atoms with Gasteiger partial charge in [0.25, 0.3) is 0 Å². The van der Waals surface area contributed by atoms with Crippen molar-refractivity contribution in [3.8, 4) is 0 Å². The van der Waals surface area contributed by atoms with Crippen molar-refractivity contribution in [1.29, 1.82) is 0 Å². The second-order valence-corrected chi connectivity index (χ2v) is 9.05. The first-order valence-electron chi connectivity index (χ1n) is 6.97. The van der Waals surface area contributed by atoms with E-state index in [1.54, 1.807) is 6.92 Å². The van der Waals surface area contributed by atoms with Crippen LogP contribution < -0.4 is 10.0 Å². The summed E-state index contributed by atoms with van der Waals surface area (Å²) in [6.45, 7) is 5.04. The average Bonchev–Trinajstić information content (AvgIpc) is 2.47. The van der Waals surface area contributed by atoms with Crippen LogP contribution in [-0.2, 0) is 20.0 Å². The van der Waals surface area contributed by atoms with Gasteiger partial charge >= 0.3 is 0 Å². The number of aryl methyl sites for hydroxylation is 1. The van der Waals surface area contributed by atoms with Crippen LogP contribution in [0.3, 0.4) is 0 Å². The highest BCUT2D eigenvalue weighted by molar-refractivity contribution is 7.89. The van der Waals surface area contributed by atoms with Gasteiger partial charge in [0.2, 0.25) is 20.0 Å². The molecular formula is C13H21N3O4S2. The fraction of sp³-hybridized carbons (Fsp3) is 0.538. The van der Waals surface area contributed by atoms with E-state index in [1.165, 1.54) is 29.6 Å². The zero-order chi connectivity index (χ0) is 16.5. The highest BCUT2D eigenvalue weighted by atomic mass is 32.2. The summed E-state index contributed by atoms with van der Waals surface area (Å²) in [5.74, 6) is 0. The molecule has 0 bridgehead atoms. The lowest BCUT2D eigenvalue weighted by Gasteiger charge is -2.32. The first-order valence-corrected chi connectivity index (χ1v) is 9.89. The molecule has 0 radical (unpaired) electrons. The fourth-order valence-electron chi connectivity index (χ4n) is 2.51. The predicted octanol–water partition coefficient (Wildman–Crippen LogP) is -0.114. The molecule has 1 saturated heterocycles. The van der Waals surface area contributed by atoms with Crippen molar-refractivity contribution in [3.63, 3.8) is 0 Å². The SMILES string of the molecule is CNS(=O)(=O)c1ccc(S(=O)(=O)N2CCNC[C@@H]2C)cc1C. The lowest BCUT2D eigenvalue weighted by molar-refractivity contribution is 0.284. The van der Waals surface area contributed by atoms with Crippen molar-refractivity contribution in [2.24, 2.45) is 0 Å². The van der Waals surface area contributed by atoms with Crippen LogP contribution in [0.2, 0.25) is 0 Å². The Morgan fingerprint density at radius 2 is 1.95 bits per heavy atom. The van der Waals surface area contributed by atoms with Crippen LogP contribution in [0.25, 0.3) is 0 Å². The largest absolute Gasteiger partial charge is 0.314 e. The van der Waals surface area contributed by atoms with E-state index >= 15 is 0 Å². The number of nitrogens with zero attached hydrogens (tertiary/aromatic N) is 1. The van der Waals surface area contributed by atoms with Crippen LogP contribution in [0, 0.1) is 6.92 Å². The van der Waals surface area contributed by atoms with Gasteiger partial charge in [-0.3, -0.25) is 0 Å². The van der Waals surface area contributed by atoms with Crippen LogP contribution in [0.15, 0.2) is 28.0 Å². The van der Waals surface area contributed by atoms with Crippen molar-refractivity contribution >= 4 is 20.0 Å². The summed E-state index contributed by atoms with van der Waals surface area (Å²) in [4.78, 5) is 0.205. The number of piperazine rings is 1. The molecule has 1 aliphatic rings. The minimum Gasteiger partial charge on any atom is -0.314 e. The number of nitrogens with one attached hydrogen (secondary N) is 2. The van der Waals surface area contributed by atoms with E-state index in [9.17, 15) is 16.8 Å². The molecule has 1 aromatic rings. The molecule has 7 nitrogen and oxygen atoms in total. The number of hydrogen-bond acceptors (Lipinski definition) is 5. The molecule has 0 aliphatic carbocycles. The van der Waals surface area contributed by atoms with E-state index in [1.807, 2.05) is 6.92 Å². The summed E-state index contributed by atoms with van der Waals surface area (Å²) in [6, 6.07) is 3.95. The van der Waals surface area contributed by atoms with Gasteiger partial charge in [-0.25, -0.2) is 21.6 Å². The second-order valence-electron chi connectivity index (χ2n) is 5.30. The molecule has 0 unspecified atom stereocenters. The van der Waals surface area contributed by atoms with Gasteiger partial charge in [-0.05, 0) is 44.7 Å². The van der Waals surface area contributed by atoms with Crippen LogP contribution in [-0.4, -0.2) is 53.9 Å². The molecule has 2 rings (SSSR count). The monoisotopic (exact) mass is 347 g/mol. The Bertz CT molecular complexity index is 759.